The summed E-state index contributed by atoms with van der Waals surface area (Å²) in [6, 6.07) is 15.4. The number of rotatable bonds is 20. The summed E-state index contributed by atoms with van der Waals surface area (Å²) < 4.78 is 22.2. The lowest BCUT2D eigenvalue weighted by molar-refractivity contribution is 0.0101. The Hall–Kier alpha value is -4.12. The number of amides is 4. The molecule has 0 saturated heterocycles. The zero-order chi connectivity index (χ0) is 44.8. The van der Waals surface area contributed by atoms with Gasteiger partial charge in [-0.15, -0.1) is 45.3 Å². The zero-order valence-corrected chi connectivity index (χ0v) is 40.6. The van der Waals surface area contributed by atoms with Gasteiger partial charge in [0.1, 0.15) is 24.4 Å². The molecular weight excluding hydrogens is 853 g/mol. The van der Waals surface area contributed by atoms with Crippen LogP contribution < -0.4 is 5.32 Å². The number of alkyl carbamates (subject to hydrolysis) is 1. The third kappa shape index (κ3) is 21.0. The van der Waals surface area contributed by atoms with Gasteiger partial charge in [0, 0.05) is 26.6 Å². The third-order valence-corrected chi connectivity index (χ3v) is 12.2. The molecule has 0 fully saturated rings. The molecule has 61 heavy (non-hydrogen) atoms. The number of carbonyl (C=O) groups is 4. The summed E-state index contributed by atoms with van der Waals surface area (Å²) in [5.74, 6) is 0. The van der Waals surface area contributed by atoms with Gasteiger partial charge in [-0.2, -0.15) is 0 Å². The Labute approximate surface area is 379 Å². The minimum atomic E-state index is -0.575. The maximum Gasteiger partial charge on any atom is 0.410 e. The van der Waals surface area contributed by atoms with E-state index in [9.17, 15) is 19.2 Å². The van der Waals surface area contributed by atoms with Crippen LogP contribution >= 0.6 is 45.3 Å². The standard InChI is InChI=1S/C23H34N2O4S2.C22H32N2O4S2/c1-6-7-10-18(24(5)21(26)29-23(2,3)4)17-28-22(27)25(15-19-11-8-13-30-19)16-20-12-9-14-31-20;1-5-6-9-17(23-20(25)28-22(2,3)4)16-27-21(26)24(14-18-10-7-12-29-18)15-19-11-8-13-30-19/h8-9,11-14,18H,6-7,10,15-17H2,1-5H3;7-8,10-13,17H,5-6,9,14-16H2,1-4H3,(H,23,25)/t18-;17-/m00/s1. The van der Waals surface area contributed by atoms with E-state index in [1.165, 1.54) is 0 Å². The molecule has 4 aromatic heterocycles. The monoisotopic (exact) mass is 918 g/mol. The fourth-order valence-electron chi connectivity index (χ4n) is 5.69. The first-order chi connectivity index (χ1) is 29.0. The fraction of sp³-hybridized carbons (Fsp3) is 0.556. The number of nitrogens with one attached hydrogen (secondary N) is 1. The maximum absolute atomic E-state index is 13.0. The van der Waals surface area contributed by atoms with E-state index in [1.54, 1.807) is 67.1 Å². The molecule has 0 spiro atoms. The Kier molecular flexibility index (Phi) is 22.2. The Morgan fingerprint density at radius 1 is 0.590 bits per heavy atom. The molecule has 4 heterocycles. The second kappa shape index (κ2) is 26.4. The molecule has 0 aliphatic heterocycles. The smallest absolute Gasteiger partial charge is 0.410 e. The van der Waals surface area contributed by atoms with Crippen LogP contribution in [0.25, 0.3) is 0 Å². The van der Waals surface area contributed by atoms with Gasteiger partial charge >= 0.3 is 24.4 Å². The van der Waals surface area contributed by atoms with E-state index in [2.05, 4.69) is 19.2 Å². The normalized spacial score (nSPS) is 12.3. The molecule has 12 nitrogen and oxygen atoms in total. The minimum Gasteiger partial charge on any atom is -0.447 e. The van der Waals surface area contributed by atoms with Crippen LogP contribution in [0.3, 0.4) is 0 Å². The molecule has 4 aromatic rings. The highest BCUT2D eigenvalue weighted by molar-refractivity contribution is 7.10. The highest BCUT2D eigenvalue weighted by Gasteiger charge is 2.28. The number of carbonyl (C=O) groups excluding carboxylic acids is 4. The van der Waals surface area contributed by atoms with Crippen molar-refractivity contribution in [1.82, 2.24) is 20.0 Å². The van der Waals surface area contributed by atoms with E-state index in [0.717, 1.165) is 58.0 Å². The van der Waals surface area contributed by atoms with Crippen LogP contribution in [0, 0.1) is 0 Å². The highest BCUT2D eigenvalue weighted by Crippen LogP contribution is 2.21. The van der Waals surface area contributed by atoms with Crippen LogP contribution in [0.1, 0.15) is 113 Å². The van der Waals surface area contributed by atoms with E-state index in [-0.39, 0.29) is 37.5 Å². The lowest BCUT2D eigenvalue weighted by Gasteiger charge is -2.31. The molecule has 0 saturated carbocycles. The van der Waals surface area contributed by atoms with Crippen molar-refractivity contribution in [2.45, 2.75) is 143 Å². The largest absolute Gasteiger partial charge is 0.447 e. The summed E-state index contributed by atoms with van der Waals surface area (Å²) >= 11 is 6.45. The molecule has 338 valence electrons. The number of likely N-dealkylation sites (N-methyl/N-ethyl adjacent to an activating group) is 1. The van der Waals surface area contributed by atoms with Gasteiger partial charge in [-0.05, 0) is 100 Å². The first kappa shape index (κ1) is 51.2. The second-order valence-corrected chi connectivity index (χ2v) is 20.7. The van der Waals surface area contributed by atoms with Crippen molar-refractivity contribution in [2.75, 3.05) is 20.3 Å². The highest BCUT2D eigenvalue weighted by atomic mass is 32.1. The van der Waals surface area contributed by atoms with E-state index in [1.807, 2.05) is 112 Å². The van der Waals surface area contributed by atoms with Crippen LogP contribution in [0.2, 0.25) is 0 Å². The molecule has 0 radical (unpaired) electrons. The molecule has 0 aromatic carbocycles. The summed E-state index contributed by atoms with van der Waals surface area (Å²) in [5.41, 5.74) is -1.15. The Balaban J connectivity index is 0.000000325. The molecule has 0 unspecified atom stereocenters. The van der Waals surface area contributed by atoms with E-state index >= 15 is 0 Å². The van der Waals surface area contributed by atoms with Crippen molar-refractivity contribution in [2.24, 2.45) is 0 Å². The summed E-state index contributed by atoms with van der Waals surface area (Å²) in [5, 5.41) is 10.8. The van der Waals surface area contributed by atoms with Gasteiger partial charge in [-0.25, -0.2) is 19.2 Å². The van der Waals surface area contributed by atoms with Gasteiger partial charge in [0.25, 0.3) is 0 Å². The van der Waals surface area contributed by atoms with E-state index < -0.39 is 23.4 Å². The lowest BCUT2D eigenvalue weighted by atomic mass is 10.1. The Morgan fingerprint density at radius 2 is 0.984 bits per heavy atom. The summed E-state index contributed by atoms with van der Waals surface area (Å²) in [4.78, 5) is 59.9. The quantitative estimate of drug-likeness (QED) is 0.0868. The van der Waals surface area contributed by atoms with Crippen molar-refractivity contribution < 1.29 is 38.1 Å². The van der Waals surface area contributed by atoms with E-state index in [0.29, 0.717) is 26.2 Å². The molecular formula is C45H66N4O8S4. The van der Waals surface area contributed by atoms with Crippen molar-refractivity contribution in [3.63, 3.8) is 0 Å². The summed E-state index contributed by atoms with van der Waals surface area (Å²) in [6.45, 7) is 17.4. The van der Waals surface area contributed by atoms with Crippen molar-refractivity contribution >= 4 is 69.7 Å². The molecule has 2 atom stereocenters. The van der Waals surface area contributed by atoms with Crippen molar-refractivity contribution in [3.8, 4) is 0 Å². The molecule has 0 bridgehead atoms. The van der Waals surface area contributed by atoms with Gasteiger partial charge < -0.3 is 29.2 Å². The topological polar surface area (TPSA) is 127 Å². The predicted octanol–water partition coefficient (Wildman–Crippen LogP) is 12.4. The van der Waals surface area contributed by atoms with E-state index in [4.69, 9.17) is 18.9 Å². The molecule has 0 aliphatic rings. The number of nitrogens with zero attached hydrogens (tertiary/aromatic N) is 3. The van der Waals surface area contributed by atoms with Gasteiger partial charge in [-0.3, -0.25) is 9.80 Å². The van der Waals surface area contributed by atoms with Gasteiger partial charge in [-0.1, -0.05) is 63.8 Å². The van der Waals surface area contributed by atoms with Gasteiger partial charge in [0.05, 0.1) is 38.3 Å². The average molecular weight is 919 g/mol. The second-order valence-electron chi connectivity index (χ2n) is 16.6. The molecule has 0 aliphatic carbocycles. The molecule has 1 N–H and O–H groups in total. The Bertz CT molecular complexity index is 1730. The van der Waals surface area contributed by atoms with Gasteiger partial charge in [0.2, 0.25) is 0 Å². The molecule has 4 amide bonds. The van der Waals surface area contributed by atoms with Crippen LogP contribution in [-0.4, -0.2) is 82.6 Å². The number of hydrogen-bond acceptors (Lipinski definition) is 12. The van der Waals surface area contributed by atoms with Gasteiger partial charge in [0.15, 0.2) is 0 Å². The van der Waals surface area contributed by atoms with Crippen molar-refractivity contribution in [3.05, 3.63) is 89.6 Å². The maximum atomic E-state index is 13.0. The summed E-state index contributed by atoms with van der Waals surface area (Å²) in [6.07, 6.45) is 3.65. The Morgan fingerprint density at radius 3 is 1.34 bits per heavy atom. The summed E-state index contributed by atoms with van der Waals surface area (Å²) in [7, 11) is 1.71. The first-order valence-corrected chi connectivity index (χ1v) is 24.4. The van der Waals surface area contributed by atoms with Crippen LogP contribution in [-0.2, 0) is 45.1 Å². The van der Waals surface area contributed by atoms with Crippen LogP contribution in [0.5, 0.6) is 0 Å². The first-order valence-electron chi connectivity index (χ1n) is 20.8. The average Bonchev–Trinajstić information content (AvgIpc) is 4.04. The third-order valence-electron chi connectivity index (χ3n) is 8.78. The minimum absolute atomic E-state index is 0.115. The molecule has 16 heteroatoms. The van der Waals surface area contributed by atoms with Crippen LogP contribution in [0.15, 0.2) is 70.1 Å². The number of thiophene rings is 4. The van der Waals surface area contributed by atoms with Crippen LogP contribution in [0.4, 0.5) is 19.2 Å². The number of unbranched alkanes of at least 4 members (excludes halogenated alkanes) is 2. The molecule has 4 rings (SSSR count). The number of hydrogen-bond donors (Lipinski definition) is 1. The zero-order valence-electron chi connectivity index (χ0n) is 37.3. The SMILES string of the molecule is CCCC[C@@H](COC(=O)N(Cc1cccs1)Cc1cccs1)N(C)C(=O)OC(C)(C)C.CCCC[C@@H](COC(=O)N(Cc1cccs1)Cc1cccs1)NC(=O)OC(C)(C)C. The number of ether oxygens (including phenoxy) is 4. The fourth-order valence-corrected chi connectivity index (χ4v) is 8.57. The van der Waals surface area contributed by atoms with Crippen molar-refractivity contribution in [1.29, 1.82) is 0 Å². The lowest BCUT2D eigenvalue weighted by Crippen LogP contribution is -2.44. The predicted molar refractivity (Wildman–Crippen MR) is 248 cm³/mol.